The molecule has 0 N–H and O–H groups in total. The molecule has 0 aromatic heterocycles. The highest BCUT2D eigenvalue weighted by molar-refractivity contribution is 6.00. The first-order valence-corrected chi connectivity index (χ1v) is 8.56. The summed E-state index contributed by atoms with van der Waals surface area (Å²) in [5.41, 5.74) is 1.21. The van der Waals surface area contributed by atoms with Crippen LogP contribution in [-0.4, -0.2) is 5.78 Å². The molecular weight excluding hydrogens is 232 g/mol. The molecule has 0 amide bonds. The monoisotopic (exact) mass is 260 g/mol. The lowest BCUT2D eigenvalue weighted by Crippen LogP contribution is -2.23. The summed E-state index contributed by atoms with van der Waals surface area (Å²) in [6.07, 6.45) is 15.5. The van der Waals surface area contributed by atoms with Crippen molar-refractivity contribution in [3.05, 3.63) is 11.6 Å². The van der Waals surface area contributed by atoms with Crippen LogP contribution in [0.2, 0.25) is 0 Å². The molecule has 0 heterocycles. The zero-order valence-electron chi connectivity index (χ0n) is 12.4. The third kappa shape index (κ3) is 2.53. The van der Waals surface area contributed by atoms with Crippen LogP contribution in [0.3, 0.4) is 0 Å². The van der Waals surface area contributed by atoms with Gasteiger partial charge in [0.2, 0.25) is 0 Å². The Morgan fingerprint density at radius 2 is 1.79 bits per heavy atom. The molecule has 1 heteroatoms. The molecule has 2 saturated carbocycles. The van der Waals surface area contributed by atoms with Crippen molar-refractivity contribution >= 4 is 5.78 Å². The second-order valence-corrected chi connectivity index (χ2v) is 7.01. The lowest BCUT2D eigenvalue weighted by molar-refractivity contribution is -0.120. The summed E-state index contributed by atoms with van der Waals surface area (Å²) in [6.45, 7) is 2.26. The van der Waals surface area contributed by atoms with E-state index in [0.717, 1.165) is 18.3 Å². The van der Waals surface area contributed by atoms with Gasteiger partial charge in [0, 0.05) is 5.92 Å². The topological polar surface area (TPSA) is 17.1 Å². The Balaban J connectivity index is 1.45. The molecule has 4 atom stereocenters. The van der Waals surface area contributed by atoms with Crippen molar-refractivity contribution in [2.75, 3.05) is 0 Å². The van der Waals surface area contributed by atoms with Gasteiger partial charge in [-0.3, -0.25) is 4.79 Å². The highest BCUT2D eigenvalue weighted by Crippen LogP contribution is 2.56. The number of unbranched alkanes of at least 4 members (excludes halogenated alkanes) is 5. The minimum Gasteiger partial charge on any atom is -0.294 e. The molecule has 0 aliphatic heterocycles. The minimum absolute atomic E-state index is 0.425. The maximum Gasteiger partial charge on any atom is 0.162 e. The van der Waals surface area contributed by atoms with Gasteiger partial charge in [-0.05, 0) is 55.4 Å². The fraction of sp³-hybridized carbons (Fsp3) is 0.833. The van der Waals surface area contributed by atoms with Gasteiger partial charge in [0.25, 0.3) is 0 Å². The summed E-state index contributed by atoms with van der Waals surface area (Å²) >= 11 is 0. The fourth-order valence-corrected chi connectivity index (χ4v) is 4.80. The lowest BCUT2D eigenvalue weighted by Gasteiger charge is -2.22. The van der Waals surface area contributed by atoms with Crippen molar-refractivity contribution in [2.24, 2.45) is 23.7 Å². The molecule has 106 valence electrons. The smallest absolute Gasteiger partial charge is 0.162 e. The quantitative estimate of drug-likeness (QED) is 0.594. The van der Waals surface area contributed by atoms with E-state index in [1.807, 2.05) is 0 Å². The average Bonchev–Trinajstić information content (AvgIpc) is 3.08. The van der Waals surface area contributed by atoms with Gasteiger partial charge in [-0.1, -0.05) is 45.1 Å². The Kier molecular flexibility index (Phi) is 4.10. The summed E-state index contributed by atoms with van der Waals surface area (Å²) in [6, 6.07) is 0. The first-order chi connectivity index (χ1) is 9.31. The van der Waals surface area contributed by atoms with Gasteiger partial charge >= 0.3 is 0 Å². The van der Waals surface area contributed by atoms with Gasteiger partial charge in [0.1, 0.15) is 0 Å². The maximum absolute atomic E-state index is 12.5. The molecule has 3 rings (SSSR count). The zero-order chi connectivity index (χ0) is 13.2. The van der Waals surface area contributed by atoms with Gasteiger partial charge in [-0.25, -0.2) is 0 Å². The number of rotatable bonds is 7. The molecule has 19 heavy (non-hydrogen) atoms. The van der Waals surface area contributed by atoms with Crippen molar-refractivity contribution in [1.82, 2.24) is 0 Å². The second-order valence-electron chi connectivity index (χ2n) is 7.01. The Morgan fingerprint density at radius 3 is 2.58 bits per heavy atom. The number of carbonyl (C=O) groups is 1. The summed E-state index contributed by atoms with van der Waals surface area (Å²) in [5.74, 6) is 3.24. The van der Waals surface area contributed by atoms with Crippen LogP contribution in [0.5, 0.6) is 0 Å². The predicted molar refractivity (Wildman–Crippen MR) is 78.9 cm³/mol. The van der Waals surface area contributed by atoms with Crippen LogP contribution >= 0.6 is 0 Å². The van der Waals surface area contributed by atoms with Crippen molar-refractivity contribution in [1.29, 1.82) is 0 Å². The Labute approximate surface area is 117 Å². The van der Waals surface area contributed by atoms with Gasteiger partial charge < -0.3 is 0 Å². The van der Waals surface area contributed by atoms with Gasteiger partial charge in [0.15, 0.2) is 5.78 Å². The Hall–Kier alpha value is -0.590. The average molecular weight is 260 g/mol. The molecule has 2 fully saturated rings. The molecule has 0 spiro atoms. The number of Topliss-reactive ketones (excluding diaryl/α,β-unsaturated/α-hetero) is 1. The molecule has 0 saturated heterocycles. The van der Waals surface area contributed by atoms with Crippen molar-refractivity contribution in [3.63, 3.8) is 0 Å². The van der Waals surface area contributed by atoms with Gasteiger partial charge in [-0.15, -0.1) is 0 Å². The standard InChI is InChI=1S/C18H28O/c1-2-3-4-5-6-7-8-15-12-16-13-9-10-14(11-13)17(16)18(15)19/h12-14,16-17H,2-11H2,1H3/t13-,14+,16+,17-/m0/s1. The minimum atomic E-state index is 0.425. The maximum atomic E-state index is 12.5. The van der Waals surface area contributed by atoms with Gasteiger partial charge in [-0.2, -0.15) is 0 Å². The first-order valence-electron chi connectivity index (χ1n) is 8.56. The zero-order valence-corrected chi connectivity index (χ0v) is 12.4. The van der Waals surface area contributed by atoms with E-state index in [0.29, 0.717) is 17.6 Å². The normalized spacial score (nSPS) is 35.8. The van der Waals surface area contributed by atoms with Crippen LogP contribution in [0.4, 0.5) is 0 Å². The SMILES string of the molecule is CCCCCCCCC1=C[C@@H]2[C@H]3CC[C@H](C3)[C@@H]2C1=O. The number of hydrogen-bond donors (Lipinski definition) is 0. The van der Waals surface area contributed by atoms with Gasteiger partial charge in [0.05, 0.1) is 0 Å². The van der Waals surface area contributed by atoms with E-state index < -0.39 is 0 Å². The van der Waals surface area contributed by atoms with Crippen molar-refractivity contribution in [2.45, 2.75) is 71.1 Å². The molecule has 0 aromatic carbocycles. The van der Waals surface area contributed by atoms with E-state index in [9.17, 15) is 4.79 Å². The Morgan fingerprint density at radius 1 is 1.05 bits per heavy atom. The van der Waals surface area contributed by atoms with Crippen LogP contribution in [0.25, 0.3) is 0 Å². The highest BCUT2D eigenvalue weighted by atomic mass is 16.1. The van der Waals surface area contributed by atoms with Crippen LogP contribution in [0.15, 0.2) is 11.6 Å². The van der Waals surface area contributed by atoms with Crippen molar-refractivity contribution < 1.29 is 4.79 Å². The predicted octanol–water partition coefficient (Wildman–Crippen LogP) is 4.91. The molecule has 3 aliphatic rings. The number of fused-ring (bicyclic) bond motifs is 5. The molecule has 2 bridgehead atoms. The van der Waals surface area contributed by atoms with Crippen LogP contribution in [0.1, 0.15) is 71.1 Å². The van der Waals surface area contributed by atoms with Crippen LogP contribution in [0, 0.1) is 23.7 Å². The molecule has 0 aromatic rings. The third-order valence-corrected chi connectivity index (χ3v) is 5.79. The van der Waals surface area contributed by atoms with E-state index in [1.54, 1.807) is 0 Å². The Bertz CT molecular complexity index is 368. The van der Waals surface area contributed by atoms with Crippen molar-refractivity contribution in [3.8, 4) is 0 Å². The molecule has 3 aliphatic carbocycles. The lowest BCUT2D eigenvalue weighted by atomic mass is 9.81. The summed E-state index contributed by atoms with van der Waals surface area (Å²) in [4.78, 5) is 12.5. The fourth-order valence-electron chi connectivity index (χ4n) is 4.80. The van der Waals surface area contributed by atoms with E-state index in [2.05, 4.69) is 13.0 Å². The van der Waals surface area contributed by atoms with E-state index in [-0.39, 0.29) is 0 Å². The second kappa shape index (κ2) is 5.81. The summed E-state index contributed by atoms with van der Waals surface area (Å²) in [5, 5.41) is 0. The van der Waals surface area contributed by atoms with Crippen LogP contribution in [-0.2, 0) is 4.79 Å². The third-order valence-electron chi connectivity index (χ3n) is 5.79. The first kappa shape index (κ1) is 13.4. The molecule has 0 unspecified atom stereocenters. The molecular formula is C18H28O. The number of ketones is 1. The van der Waals surface area contributed by atoms with E-state index in [4.69, 9.17) is 0 Å². The van der Waals surface area contributed by atoms with E-state index >= 15 is 0 Å². The van der Waals surface area contributed by atoms with Crippen LogP contribution < -0.4 is 0 Å². The largest absolute Gasteiger partial charge is 0.294 e. The van der Waals surface area contributed by atoms with E-state index in [1.165, 1.54) is 63.4 Å². The summed E-state index contributed by atoms with van der Waals surface area (Å²) < 4.78 is 0. The highest BCUT2D eigenvalue weighted by Gasteiger charge is 2.52. The summed E-state index contributed by atoms with van der Waals surface area (Å²) in [7, 11) is 0. The number of carbonyl (C=O) groups excluding carboxylic acids is 1. The number of allylic oxidation sites excluding steroid dienone is 2. The molecule has 0 radical (unpaired) electrons. The molecule has 1 nitrogen and oxygen atoms in total. The number of hydrogen-bond acceptors (Lipinski definition) is 1.